The van der Waals surface area contributed by atoms with Gasteiger partial charge in [0.25, 0.3) is 0 Å². The molecule has 0 aromatic heterocycles. The van der Waals surface area contributed by atoms with E-state index in [4.69, 9.17) is 4.74 Å². The summed E-state index contributed by atoms with van der Waals surface area (Å²) in [6.07, 6.45) is 1.65. The van der Waals surface area contributed by atoms with Crippen molar-refractivity contribution in [2.75, 3.05) is 24.2 Å². The second-order valence-electron chi connectivity index (χ2n) is 8.12. The Kier molecular flexibility index (Phi) is 9.43. The molecule has 8 nitrogen and oxygen atoms in total. The summed E-state index contributed by atoms with van der Waals surface area (Å²) in [5.74, 6) is -1.01. The predicted molar refractivity (Wildman–Crippen MR) is 129 cm³/mol. The highest BCUT2D eigenvalue weighted by atomic mass is 32.2. The predicted octanol–water partition coefficient (Wildman–Crippen LogP) is 2.93. The number of anilines is 1. The summed E-state index contributed by atoms with van der Waals surface area (Å²) in [5, 5.41) is 2.86. The van der Waals surface area contributed by atoms with Gasteiger partial charge >= 0.3 is 0 Å². The molecule has 0 aliphatic heterocycles. The van der Waals surface area contributed by atoms with Gasteiger partial charge in [-0.2, -0.15) is 0 Å². The Morgan fingerprint density at radius 2 is 1.79 bits per heavy atom. The van der Waals surface area contributed by atoms with Crippen LogP contribution in [0.2, 0.25) is 0 Å². The van der Waals surface area contributed by atoms with Crippen molar-refractivity contribution >= 4 is 27.5 Å². The Balaban J connectivity index is 2.40. The number of halogens is 1. The molecule has 2 rings (SSSR count). The molecule has 0 aliphatic rings. The number of nitrogens with zero attached hydrogens (tertiary/aromatic N) is 2. The van der Waals surface area contributed by atoms with E-state index in [1.165, 1.54) is 30.2 Å². The van der Waals surface area contributed by atoms with Gasteiger partial charge in [0, 0.05) is 12.6 Å². The summed E-state index contributed by atoms with van der Waals surface area (Å²) in [6, 6.07) is 11.0. The van der Waals surface area contributed by atoms with E-state index < -0.39 is 34.3 Å². The van der Waals surface area contributed by atoms with E-state index in [-0.39, 0.29) is 24.2 Å². The van der Waals surface area contributed by atoms with Crippen LogP contribution in [-0.4, -0.2) is 57.1 Å². The first-order chi connectivity index (χ1) is 16.0. The number of methoxy groups -OCH3 is 1. The molecule has 10 heteroatoms. The fourth-order valence-electron chi connectivity index (χ4n) is 3.26. The fraction of sp³-hybridized carbons (Fsp3) is 0.417. The van der Waals surface area contributed by atoms with Crippen LogP contribution in [0.25, 0.3) is 0 Å². The largest absolute Gasteiger partial charge is 0.497 e. The zero-order valence-corrected chi connectivity index (χ0v) is 20.9. The average molecular weight is 494 g/mol. The van der Waals surface area contributed by atoms with Crippen LogP contribution in [0.15, 0.2) is 48.5 Å². The minimum absolute atomic E-state index is 0.0221. The van der Waals surface area contributed by atoms with Crippen molar-refractivity contribution in [1.29, 1.82) is 0 Å². The summed E-state index contributed by atoms with van der Waals surface area (Å²) < 4.78 is 44.8. The number of sulfonamides is 1. The maximum Gasteiger partial charge on any atom is 0.244 e. The smallest absolute Gasteiger partial charge is 0.244 e. The number of ether oxygens (including phenoxy) is 1. The molecule has 2 atom stereocenters. The highest BCUT2D eigenvalue weighted by Crippen LogP contribution is 2.21. The van der Waals surface area contributed by atoms with Crippen molar-refractivity contribution in [1.82, 2.24) is 10.2 Å². The monoisotopic (exact) mass is 493 g/mol. The van der Waals surface area contributed by atoms with Gasteiger partial charge in [-0.1, -0.05) is 25.1 Å². The fourth-order valence-corrected chi connectivity index (χ4v) is 4.10. The molecular formula is C24H32FN3O5S. The molecule has 0 fully saturated rings. The van der Waals surface area contributed by atoms with Crippen LogP contribution in [0.1, 0.15) is 32.8 Å². The van der Waals surface area contributed by atoms with Crippen molar-refractivity contribution < 1.29 is 27.1 Å². The second kappa shape index (κ2) is 11.8. The normalized spacial score (nSPS) is 13.0. The number of hydrogen-bond acceptors (Lipinski definition) is 5. The third-order valence-electron chi connectivity index (χ3n) is 5.43. The Bertz CT molecular complexity index is 1110. The van der Waals surface area contributed by atoms with Gasteiger partial charge < -0.3 is 15.0 Å². The summed E-state index contributed by atoms with van der Waals surface area (Å²) >= 11 is 0. The molecule has 2 amide bonds. The van der Waals surface area contributed by atoms with Gasteiger partial charge in [0.1, 0.15) is 24.2 Å². The van der Waals surface area contributed by atoms with Gasteiger partial charge in [-0.15, -0.1) is 0 Å². The zero-order valence-electron chi connectivity index (χ0n) is 20.1. The maximum absolute atomic E-state index is 13.8. The third-order valence-corrected chi connectivity index (χ3v) is 6.57. The van der Waals surface area contributed by atoms with Gasteiger partial charge in [0.2, 0.25) is 21.8 Å². The molecule has 2 aromatic rings. The van der Waals surface area contributed by atoms with Gasteiger partial charge in [0.15, 0.2) is 0 Å². The summed E-state index contributed by atoms with van der Waals surface area (Å²) in [7, 11) is -2.40. The van der Waals surface area contributed by atoms with Crippen molar-refractivity contribution in [3.8, 4) is 5.75 Å². The minimum Gasteiger partial charge on any atom is -0.497 e. The van der Waals surface area contributed by atoms with Crippen LogP contribution in [0.3, 0.4) is 0 Å². The number of nitrogens with one attached hydrogen (secondary N) is 1. The molecule has 2 aromatic carbocycles. The molecule has 34 heavy (non-hydrogen) atoms. The van der Waals surface area contributed by atoms with Crippen molar-refractivity contribution in [2.45, 2.75) is 45.8 Å². The molecule has 0 saturated carbocycles. The standard InChI is InChI=1S/C24H32FN3O5S/c1-6-17(2)26-24(30)18(3)27(15-19-9-7-12-22(13-19)33-4)23(29)16-28(34(5,31)32)21-11-8-10-20(25)14-21/h7-14,17-18H,6,15-16H2,1-5H3,(H,26,30)/t17-,18-/m1/s1. The SMILES string of the molecule is CC[C@@H](C)NC(=O)[C@@H](C)N(Cc1cccc(OC)c1)C(=O)CN(c1cccc(F)c1)S(C)(=O)=O. The van der Waals surface area contributed by atoms with Gasteiger partial charge in [-0.3, -0.25) is 13.9 Å². The van der Waals surface area contributed by atoms with Crippen LogP contribution in [0, 0.1) is 5.82 Å². The molecular weight excluding hydrogens is 461 g/mol. The summed E-state index contributed by atoms with van der Waals surface area (Å²) in [5.41, 5.74) is 0.724. The lowest BCUT2D eigenvalue weighted by atomic mass is 10.1. The lowest BCUT2D eigenvalue weighted by Crippen LogP contribution is -2.52. The van der Waals surface area contributed by atoms with Crippen LogP contribution in [0.5, 0.6) is 5.75 Å². The number of benzene rings is 2. The first-order valence-electron chi connectivity index (χ1n) is 10.9. The van der Waals surface area contributed by atoms with Crippen LogP contribution >= 0.6 is 0 Å². The number of rotatable bonds is 11. The van der Waals surface area contributed by atoms with E-state index in [9.17, 15) is 22.4 Å². The number of hydrogen-bond donors (Lipinski definition) is 1. The Hall–Kier alpha value is -3.14. The number of carbonyl (C=O) groups excluding carboxylic acids is 2. The Morgan fingerprint density at radius 3 is 2.38 bits per heavy atom. The van der Waals surface area contributed by atoms with Gasteiger partial charge in [-0.05, 0) is 56.2 Å². The summed E-state index contributed by atoms with van der Waals surface area (Å²) in [6.45, 7) is 4.83. The molecule has 1 N–H and O–H groups in total. The highest BCUT2D eigenvalue weighted by Gasteiger charge is 2.30. The third kappa shape index (κ3) is 7.44. The number of carbonyl (C=O) groups is 2. The van der Waals surface area contributed by atoms with E-state index in [1.807, 2.05) is 13.8 Å². The number of amides is 2. The lowest BCUT2D eigenvalue weighted by molar-refractivity contribution is -0.139. The first-order valence-corrected chi connectivity index (χ1v) is 12.8. The van der Waals surface area contributed by atoms with Gasteiger partial charge in [0.05, 0.1) is 19.1 Å². The Morgan fingerprint density at radius 1 is 1.12 bits per heavy atom. The van der Waals surface area contributed by atoms with E-state index in [0.717, 1.165) is 16.6 Å². The van der Waals surface area contributed by atoms with Gasteiger partial charge in [-0.25, -0.2) is 12.8 Å². The minimum atomic E-state index is -3.92. The molecule has 0 bridgehead atoms. The summed E-state index contributed by atoms with van der Waals surface area (Å²) in [4.78, 5) is 27.6. The molecule has 0 aliphatic carbocycles. The van der Waals surface area contributed by atoms with E-state index in [2.05, 4.69) is 5.32 Å². The van der Waals surface area contributed by atoms with Crippen molar-refractivity contribution in [3.05, 3.63) is 59.9 Å². The molecule has 186 valence electrons. The van der Waals surface area contributed by atoms with Crippen LogP contribution < -0.4 is 14.4 Å². The highest BCUT2D eigenvalue weighted by molar-refractivity contribution is 7.92. The van der Waals surface area contributed by atoms with Crippen molar-refractivity contribution in [2.24, 2.45) is 0 Å². The average Bonchev–Trinajstić information content (AvgIpc) is 2.79. The van der Waals surface area contributed by atoms with Crippen LogP contribution in [-0.2, 0) is 26.2 Å². The molecule has 0 radical (unpaired) electrons. The van der Waals surface area contributed by atoms with Crippen molar-refractivity contribution in [3.63, 3.8) is 0 Å². The van der Waals surface area contributed by atoms with E-state index in [0.29, 0.717) is 17.7 Å². The molecule has 0 saturated heterocycles. The maximum atomic E-state index is 13.8. The molecule has 0 unspecified atom stereocenters. The quantitative estimate of drug-likeness (QED) is 0.519. The van der Waals surface area contributed by atoms with E-state index >= 15 is 0 Å². The Labute approximate surface area is 200 Å². The topological polar surface area (TPSA) is 96.0 Å². The van der Waals surface area contributed by atoms with Crippen LogP contribution in [0.4, 0.5) is 10.1 Å². The first kappa shape index (κ1) is 27.1. The molecule has 0 heterocycles. The molecule has 0 spiro atoms. The van der Waals surface area contributed by atoms with E-state index in [1.54, 1.807) is 31.2 Å². The second-order valence-corrected chi connectivity index (χ2v) is 10.0. The lowest BCUT2D eigenvalue weighted by Gasteiger charge is -2.32. The zero-order chi connectivity index (χ0) is 25.5.